The Hall–Kier alpha value is -2.21. The number of methoxy groups -OCH3 is 1. The van der Waals surface area contributed by atoms with Crippen LogP contribution in [0.3, 0.4) is 0 Å². The lowest BCUT2D eigenvalue weighted by Crippen LogP contribution is -2.13. The molecule has 1 aromatic carbocycles. The highest BCUT2D eigenvalue weighted by atomic mass is 32.2. The van der Waals surface area contributed by atoms with Gasteiger partial charge in [0.05, 0.1) is 18.4 Å². The second-order valence-electron chi connectivity index (χ2n) is 5.44. The maximum absolute atomic E-state index is 12.5. The van der Waals surface area contributed by atoms with E-state index in [1.54, 1.807) is 6.92 Å². The molecule has 0 aliphatic rings. The van der Waals surface area contributed by atoms with Gasteiger partial charge in [0, 0.05) is 17.0 Å². The highest BCUT2D eigenvalue weighted by molar-refractivity contribution is 7.99. The van der Waals surface area contributed by atoms with Crippen LogP contribution in [0, 0.1) is 20.8 Å². The number of rotatable bonds is 6. The summed E-state index contributed by atoms with van der Waals surface area (Å²) in [5.41, 5.74) is 3.18. The number of carbonyl (C=O) groups excluding carboxylic acids is 2. The van der Waals surface area contributed by atoms with Crippen LogP contribution in [0.4, 0.5) is 5.69 Å². The van der Waals surface area contributed by atoms with Gasteiger partial charge in [0.15, 0.2) is 0 Å². The van der Waals surface area contributed by atoms with E-state index in [0.29, 0.717) is 28.5 Å². The number of carbonyl (C=O) groups is 2. The van der Waals surface area contributed by atoms with Crippen molar-refractivity contribution in [1.29, 1.82) is 0 Å². The molecule has 0 aliphatic carbocycles. The maximum Gasteiger partial charge on any atom is 0.315 e. The molecule has 0 radical (unpaired) electrons. The minimum Gasteiger partial charge on any atom is -0.468 e. The van der Waals surface area contributed by atoms with Crippen LogP contribution in [0.5, 0.6) is 0 Å². The van der Waals surface area contributed by atoms with Gasteiger partial charge in [-0.2, -0.15) is 0 Å². The van der Waals surface area contributed by atoms with Crippen molar-refractivity contribution in [3.63, 3.8) is 0 Å². The summed E-state index contributed by atoms with van der Waals surface area (Å²) in [6.07, 6.45) is 0. The van der Waals surface area contributed by atoms with Gasteiger partial charge in [-0.1, -0.05) is 12.1 Å². The third kappa shape index (κ3) is 4.41. The van der Waals surface area contributed by atoms with E-state index >= 15 is 0 Å². The Morgan fingerprint density at radius 2 is 1.96 bits per heavy atom. The third-order valence-electron chi connectivity index (χ3n) is 3.69. The largest absolute Gasteiger partial charge is 0.468 e. The number of nitrogens with one attached hydrogen (secondary N) is 1. The summed E-state index contributed by atoms with van der Waals surface area (Å²) in [6.45, 7) is 5.51. The first-order valence-electron chi connectivity index (χ1n) is 7.53. The van der Waals surface area contributed by atoms with Crippen molar-refractivity contribution in [3.05, 3.63) is 52.5 Å². The zero-order valence-corrected chi connectivity index (χ0v) is 15.1. The zero-order chi connectivity index (χ0) is 17.7. The van der Waals surface area contributed by atoms with Gasteiger partial charge in [-0.15, -0.1) is 11.8 Å². The Morgan fingerprint density at radius 1 is 1.21 bits per heavy atom. The molecule has 24 heavy (non-hydrogen) atoms. The lowest BCUT2D eigenvalue weighted by Gasteiger charge is -2.08. The molecule has 0 saturated heterocycles. The molecule has 128 valence electrons. The van der Waals surface area contributed by atoms with Gasteiger partial charge in [-0.3, -0.25) is 9.59 Å². The normalized spacial score (nSPS) is 10.5. The molecule has 0 fully saturated rings. The van der Waals surface area contributed by atoms with E-state index in [1.807, 2.05) is 38.1 Å². The molecular formula is C18H21NO4S. The Balaban J connectivity index is 2.03. The van der Waals surface area contributed by atoms with Crippen LogP contribution in [0.1, 0.15) is 33.0 Å². The van der Waals surface area contributed by atoms with E-state index in [0.717, 1.165) is 16.9 Å². The lowest BCUT2D eigenvalue weighted by molar-refractivity contribution is -0.137. The van der Waals surface area contributed by atoms with Crippen LogP contribution in [0.25, 0.3) is 0 Å². The molecule has 0 spiro atoms. The molecule has 6 heteroatoms. The first kappa shape index (κ1) is 18.1. The predicted octanol–water partition coefficient (Wildman–Crippen LogP) is 3.86. The molecule has 1 aromatic heterocycles. The van der Waals surface area contributed by atoms with Crippen LogP contribution >= 0.6 is 11.8 Å². The van der Waals surface area contributed by atoms with E-state index in [-0.39, 0.29) is 11.9 Å². The number of amides is 1. The van der Waals surface area contributed by atoms with Crippen molar-refractivity contribution in [1.82, 2.24) is 0 Å². The van der Waals surface area contributed by atoms with Gasteiger partial charge in [0.25, 0.3) is 5.91 Å². The van der Waals surface area contributed by atoms with Gasteiger partial charge in [0.1, 0.15) is 11.5 Å². The first-order valence-corrected chi connectivity index (χ1v) is 8.69. The molecule has 1 N–H and O–H groups in total. The second kappa shape index (κ2) is 8.06. The van der Waals surface area contributed by atoms with Crippen molar-refractivity contribution in [3.8, 4) is 0 Å². The topological polar surface area (TPSA) is 68.5 Å². The number of esters is 1. The highest BCUT2D eigenvalue weighted by Crippen LogP contribution is 2.23. The monoisotopic (exact) mass is 347 g/mol. The summed E-state index contributed by atoms with van der Waals surface area (Å²) >= 11 is 1.47. The van der Waals surface area contributed by atoms with Crippen molar-refractivity contribution < 1.29 is 18.7 Å². The van der Waals surface area contributed by atoms with Gasteiger partial charge in [-0.25, -0.2) is 0 Å². The quantitative estimate of drug-likeness (QED) is 0.804. The second-order valence-corrected chi connectivity index (χ2v) is 6.42. The van der Waals surface area contributed by atoms with Gasteiger partial charge < -0.3 is 14.5 Å². The number of anilines is 1. The summed E-state index contributed by atoms with van der Waals surface area (Å²) in [4.78, 5) is 23.6. The Kier molecular flexibility index (Phi) is 6.09. The smallest absolute Gasteiger partial charge is 0.315 e. The fourth-order valence-corrected chi connectivity index (χ4v) is 3.17. The number of aryl methyl sites for hydroxylation is 2. The van der Waals surface area contributed by atoms with Gasteiger partial charge in [0.2, 0.25) is 0 Å². The first-order chi connectivity index (χ1) is 11.4. The molecular weight excluding hydrogens is 326 g/mol. The molecule has 0 aliphatic heterocycles. The van der Waals surface area contributed by atoms with Crippen LogP contribution in [-0.2, 0) is 15.3 Å². The number of ether oxygens (including phenoxy) is 1. The average molecular weight is 347 g/mol. The Morgan fingerprint density at radius 3 is 2.58 bits per heavy atom. The van der Waals surface area contributed by atoms with Crippen molar-refractivity contribution in [2.75, 3.05) is 18.2 Å². The fraction of sp³-hybridized carbons (Fsp3) is 0.333. The van der Waals surface area contributed by atoms with Gasteiger partial charge >= 0.3 is 5.97 Å². The van der Waals surface area contributed by atoms with Crippen LogP contribution in [0.2, 0.25) is 0 Å². The molecule has 0 atom stereocenters. The van der Waals surface area contributed by atoms with E-state index in [4.69, 9.17) is 4.42 Å². The fourth-order valence-electron chi connectivity index (χ4n) is 2.37. The van der Waals surface area contributed by atoms with E-state index in [1.165, 1.54) is 18.9 Å². The van der Waals surface area contributed by atoms with E-state index in [9.17, 15) is 9.59 Å². The number of hydrogen-bond acceptors (Lipinski definition) is 5. The van der Waals surface area contributed by atoms with E-state index < -0.39 is 0 Å². The Labute approximate surface area is 145 Å². The van der Waals surface area contributed by atoms with Crippen LogP contribution in [0.15, 0.2) is 28.7 Å². The number of hydrogen-bond donors (Lipinski definition) is 1. The molecule has 2 rings (SSSR count). The van der Waals surface area contributed by atoms with Crippen LogP contribution in [-0.4, -0.2) is 24.7 Å². The summed E-state index contributed by atoms with van der Waals surface area (Å²) in [5.74, 6) is 1.92. The summed E-state index contributed by atoms with van der Waals surface area (Å²) < 4.78 is 10.1. The number of thioether (sulfide) groups is 1. The van der Waals surface area contributed by atoms with Gasteiger partial charge in [-0.05, 0) is 38.5 Å². The lowest BCUT2D eigenvalue weighted by atomic mass is 10.1. The summed E-state index contributed by atoms with van der Waals surface area (Å²) in [7, 11) is 1.38. The average Bonchev–Trinajstić information content (AvgIpc) is 2.80. The molecule has 1 amide bonds. The highest BCUT2D eigenvalue weighted by Gasteiger charge is 2.18. The zero-order valence-electron chi connectivity index (χ0n) is 14.3. The molecule has 0 bridgehead atoms. The number of furan rings is 1. The molecule has 2 aromatic rings. The maximum atomic E-state index is 12.5. The summed E-state index contributed by atoms with van der Waals surface area (Å²) in [6, 6.07) is 7.58. The summed E-state index contributed by atoms with van der Waals surface area (Å²) in [5, 5.41) is 2.90. The Bertz CT molecular complexity index is 751. The van der Waals surface area contributed by atoms with Crippen molar-refractivity contribution >= 4 is 29.3 Å². The molecule has 5 nitrogen and oxygen atoms in total. The van der Waals surface area contributed by atoms with Crippen molar-refractivity contribution in [2.24, 2.45) is 0 Å². The van der Waals surface area contributed by atoms with E-state index in [2.05, 4.69) is 10.1 Å². The van der Waals surface area contributed by atoms with Crippen molar-refractivity contribution in [2.45, 2.75) is 26.5 Å². The predicted molar refractivity (Wildman–Crippen MR) is 95.5 cm³/mol. The van der Waals surface area contributed by atoms with Crippen LogP contribution < -0.4 is 5.32 Å². The SMILES string of the molecule is COC(=O)CSCc1cccc(NC(=O)c2c(C)oc(C)c2C)c1. The molecule has 0 saturated carbocycles. The molecule has 0 unspecified atom stereocenters. The minimum absolute atomic E-state index is 0.179. The molecule has 1 heterocycles. The standard InChI is InChI=1S/C18H21NO4S/c1-11-12(2)23-13(3)17(11)18(21)19-15-7-5-6-14(8-15)9-24-10-16(20)22-4/h5-8H,9-10H2,1-4H3,(H,19,21). The third-order valence-corrected chi connectivity index (χ3v) is 4.67. The number of benzene rings is 1. The minimum atomic E-state index is -0.245.